The van der Waals surface area contributed by atoms with Crippen LogP contribution in [0.2, 0.25) is 48.9 Å². The molecule has 0 heterocycles. The summed E-state index contributed by atoms with van der Waals surface area (Å²) in [6, 6.07) is 0.961. The summed E-state index contributed by atoms with van der Waals surface area (Å²) in [7, 11) is -6.12. The molecule has 10 heteroatoms. The summed E-state index contributed by atoms with van der Waals surface area (Å²) in [6.45, 7) is 27.1. The molecule has 0 unspecified atom stereocenters. The Hall–Kier alpha value is 0.441. The van der Waals surface area contributed by atoms with Crippen LogP contribution in [0.1, 0.15) is 60.8 Å². The van der Waals surface area contributed by atoms with Gasteiger partial charge in [0.2, 0.25) is 0 Å². The first-order valence-electron chi connectivity index (χ1n) is 12.0. The van der Waals surface area contributed by atoms with Crippen LogP contribution in [0.3, 0.4) is 0 Å². The third-order valence-corrected chi connectivity index (χ3v) is 24.2. The van der Waals surface area contributed by atoms with E-state index in [1.165, 1.54) is 0 Å². The van der Waals surface area contributed by atoms with E-state index in [9.17, 15) is 13.0 Å². The molecule has 0 amide bonds. The van der Waals surface area contributed by atoms with Crippen molar-refractivity contribution in [3.8, 4) is 0 Å². The summed E-state index contributed by atoms with van der Waals surface area (Å²) in [5.74, 6) is -0.265. The summed E-state index contributed by atoms with van der Waals surface area (Å²) in [5, 5.41) is 0.268. The van der Waals surface area contributed by atoms with E-state index in [1.807, 2.05) is 0 Å². The lowest BCUT2D eigenvalue weighted by molar-refractivity contribution is -0.890. The van der Waals surface area contributed by atoms with Gasteiger partial charge in [0.25, 0.3) is 0 Å². The maximum atomic E-state index is 10.8. The number of rotatable bonds is 13. The van der Waals surface area contributed by atoms with E-state index in [1.54, 1.807) is 0 Å². The van der Waals surface area contributed by atoms with Crippen molar-refractivity contribution in [2.45, 2.75) is 110 Å². The molecule has 6 nitrogen and oxygen atoms in total. The van der Waals surface area contributed by atoms with E-state index in [0.717, 1.165) is 36.5 Å². The van der Waals surface area contributed by atoms with Crippen molar-refractivity contribution in [1.82, 2.24) is 0 Å². The largest absolute Gasteiger partial charge is 0.748 e. The highest BCUT2D eigenvalue weighted by Gasteiger charge is 2.50. The Kier molecular flexibility index (Phi) is 11.2. The van der Waals surface area contributed by atoms with E-state index in [0.29, 0.717) is 6.42 Å². The first-order chi connectivity index (χ1) is 13.8. The minimum atomic E-state index is -4.11. The lowest BCUT2D eigenvalue weighted by Crippen LogP contribution is -2.59. The molecule has 0 rings (SSSR count). The van der Waals surface area contributed by atoms with Crippen molar-refractivity contribution in [3.63, 3.8) is 0 Å². The van der Waals surface area contributed by atoms with Crippen LogP contribution in [0.5, 0.6) is 0 Å². The summed E-state index contributed by atoms with van der Waals surface area (Å²) in [5.41, 5.74) is 0. The Balaban J connectivity index is 5.30. The standard InChI is InChI=1S/C22H53NO5SSi3/c1-21(2,3)30(9,10)27-32(13,28-31(11,12)22(4,5)6)20-16-18-23(7,8)17-14-15-19-29(24,25)26/h14-20H2,1-13H3. The van der Waals surface area contributed by atoms with Gasteiger partial charge in [-0.2, -0.15) is 0 Å². The summed E-state index contributed by atoms with van der Waals surface area (Å²) in [6.07, 6.45) is 2.19. The molecule has 0 aromatic rings. The van der Waals surface area contributed by atoms with Crippen molar-refractivity contribution < 1.29 is 25.7 Å². The Morgan fingerprint density at radius 2 is 1.12 bits per heavy atom. The Morgan fingerprint density at radius 1 is 0.750 bits per heavy atom. The first-order valence-corrected chi connectivity index (χ1v) is 21.9. The predicted molar refractivity (Wildman–Crippen MR) is 143 cm³/mol. The van der Waals surface area contributed by atoms with E-state index in [4.69, 9.17) is 8.23 Å². The van der Waals surface area contributed by atoms with Gasteiger partial charge in [0.15, 0.2) is 16.6 Å². The molecule has 32 heavy (non-hydrogen) atoms. The highest BCUT2D eigenvalue weighted by molar-refractivity contribution is 7.85. The van der Waals surface area contributed by atoms with Gasteiger partial charge in [-0.05, 0) is 68.1 Å². The molecule has 0 fully saturated rings. The summed E-state index contributed by atoms with van der Waals surface area (Å²) >= 11 is 0. The number of nitrogens with zero attached hydrogens (tertiary/aromatic N) is 1. The number of hydrogen-bond donors (Lipinski definition) is 0. The normalized spacial score (nSPS) is 15.3. The monoisotopic (exact) mass is 527 g/mol. The van der Waals surface area contributed by atoms with E-state index in [2.05, 4.69) is 88.4 Å². The van der Waals surface area contributed by atoms with Crippen LogP contribution >= 0.6 is 0 Å². The second kappa shape index (κ2) is 11.0. The predicted octanol–water partition coefficient (Wildman–Crippen LogP) is 5.89. The fraction of sp³-hybridized carbons (Fsp3) is 1.00. The average Bonchev–Trinajstić information content (AvgIpc) is 2.46. The van der Waals surface area contributed by atoms with Crippen LogP contribution in [0.4, 0.5) is 0 Å². The SMILES string of the molecule is CC(C)(C)[Si](C)(C)O[Si](C)(CCC[N+](C)(C)CCCCS(=O)(=O)[O-])O[Si](C)(C)C(C)(C)C. The molecule has 0 aliphatic carbocycles. The Bertz CT molecular complexity index is 667. The van der Waals surface area contributed by atoms with Crippen LogP contribution < -0.4 is 0 Å². The molecule has 0 aromatic carbocycles. The van der Waals surface area contributed by atoms with Crippen molar-refractivity contribution in [2.24, 2.45) is 0 Å². The Morgan fingerprint density at radius 3 is 1.47 bits per heavy atom. The summed E-state index contributed by atoms with van der Waals surface area (Å²) in [4.78, 5) is 0. The minimum Gasteiger partial charge on any atom is -0.748 e. The molecule has 0 aliphatic heterocycles. The zero-order chi connectivity index (χ0) is 25.9. The molecule has 0 N–H and O–H groups in total. The molecule has 0 aromatic heterocycles. The molecule has 0 radical (unpaired) electrons. The fourth-order valence-electron chi connectivity index (χ4n) is 3.27. The fourth-order valence-corrected chi connectivity index (χ4v) is 17.1. The first kappa shape index (κ1) is 32.4. The third-order valence-electron chi connectivity index (χ3n) is 7.36. The van der Waals surface area contributed by atoms with Gasteiger partial charge in [-0.1, -0.05) is 41.5 Å². The van der Waals surface area contributed by atoms with E-state index in [-0.39, 0.29) is 15.8 Å². The Labute approximate surface area is 203 Å². The van der Waals surface area contributed by atoms with Gasteiger partial charge >= 0.3 is 8.56 Å². The van der Waals surface area contributed by atoms with Gasteiger partial charge in [-0.15, -0.1) is 0 Å². The second-order valence-corrected chi connectivity index (χ2v) is 28.3. The minimum absolute atomic E-state index is 0.134. The number of unbranched alkanes of at least 4 members (excludes halogenated alkanes) is 1. The lowest BCUT2D eigenvalue weighted by atomic mass is 10.2. The second-order valence-electron chi connectivity index (χ2n) is 13.3. The summed E-state index contributed by atoms with van der Waals surface area (Å²) < 4.78 is 47.4. The molecule has 0 aliphatic rings. The van der Waals surface area contributed by atoms with Crippen LogP contribution in [-0.4, -0.2) is 75.6 Å². The van der Waals surface area contributed by atoms with Gasteiger partial charge in [0.05, 0.1) is 37.3 Å². The maximum Gasteiger partial charge on any atom is 0.314 e. The van der Waals surface area contributed by atoms with Gasteiger partial charge in [-0.25, -0.2) is 8.42 Å². The zero-order valence-electron chi connectivity index (χ0n) is 23.3. The smallest absolute Gasteiger partial charge is 0.314 e. The van der Waals surface area contributed by atoms with Crippen LogP contribution in [0.25, 0.3) is 0 Å². The highest BCUT2D eigenvalue weighted by Crippen LogP contribution is 2.43. The third kappa shape index (κ3) is 11.7. The molecule has 0 atom stereocenters. The molecule has 0 bridgehead atoms. The number of hydrogen-bond acceptors (Lipinski definition) is 5. The highest BCUT2D eigenvalue weighted by atomic mass is 32.2. The van der Waals surface area contributed by atoms with Gasteiger partial charge < -0.3 is 17.3 Å². The molecular weight excluding hydrogens is 475 g/mol. The van der Waals surface area contributed by atoms with E-state index >= 15 is 0 Å². The molecule has 0 spiro atoms. The van der Waals surface area contributed by atoms with Crippen molar-refractivity contribution in [3.05, 3.63) is 0 Å². The van der Waals surface area contributed by atoms with Crippen LogP contribution in [-0.2, 0) is 18.3 Å². The molecule has 194 valence electrons. The van der Waals surface area contributed by atoms with Crippen molar-refractivity contribution >= 4 is 35.3 Å². The zero-order valence-corrected chi connectivity index (χ0v) is 27.2. The molecular formula is C22H53NO5SSi3. The number of quaternary nitrogens is 1. The van der Waals surface area contributed by atoms with Gasteiger partial charge in [-0.3, -0.25) is 0 Å². The van der Waals surface area contributed by atoms with Crippen LogP contribution in [0, 0.1) is 0 Å². The van der Waals surface area contributed by atoms with Crippen LogP contribution in [0.15, 0.2) is 0 Å². The maximum absolute atomic E-state index is 10.8. The molecule has 0 saturated carbocycles. The average molecular weight is 528 g/mol. The van der Waals surface area contributed by atoms with Crippen molar-refractivity contribution in [2.75, 3.05) is 32.9 Å². The molecule has 0 saturated heterocycles. The topological polar surface area (TPSA) is 75.7 Å². The van der Waals surface area contributed by atoms with E-state index < -0.39 is 35.3 Å². The van der Waals surface area contributed by atoms with Crippen molar-refractivity contribution in [1.29, 1.82) is 0 Å². The lowest BCUT2D eigenvalue weighted by Gasteiger charge is -2.48. The quantitative estimate of drug-likeness (QED) is 0.129. The van der Waals surface area contributed by atoms with Gasteiger partial charge in [0, 0.05) is 5.75 Å². The van der Waals surface area contributed by atoms with Gasteiger partial charge in [0.1, 0.15) is 0 Å².